The van der Waals surface area contributed by atoms with Crippen LogP contribution >= 0.6 is 0 Å². The molecule has 0 aromatic carbocycles. The maximum absolute atomic E-state index is 5.34. The lowest BCUT2D eigenvalue weighted by Gasteiger charge is -2.13. The summed E-state index contributed by atoms with van der Waals surface area (Å²) in [6.45, 7) is 8.44. The molecule has 0 saturated carbocycles. The summed E-state index contributed by atoms with van der Waals surface area (Å²) in [4.78, 5) is 0. The highest BCUT2D eigenvalue weighted by Gasteiger charge is 2.12. The fourth-order valence-electron chi connectivity index (χ4n) is 0.272. The number of allylic oxidation sites excluding steroid dienone is 1. The molecule has 0 aromatic rings. The minimum atomic E-state index is -1.26. The van der Waals surface area contributed by atoms with E-state index in [9.17, 15) is 0 Å². The zero-order valence-electron chi connectivity index (χ0n) is 6.06. The molecule has 0 aliphatic heterocycles. The third kappa shape index (κ3) is 5.76. The van der Waals surface area contributed by atoms with E-state index in [2.05, 4.69) is 19.6 Å². The van der Waals surface area contributed by atoms with E-state index in [-0.39, 0.29) is 0 Å². The van der Waals surface area contributed by atoms with Crippen LogP contribution < -0.4 is 0 Å². The summed E-state index contributed by atoms with van der Waals surface area (Å²) >= 11 is 0. The van der Waals surface area contributed by atoms with Gasteiger partial charge in [0.25, 0.3) is 0 Å². The third-order valence-corrected chi connectivity index (χ3v) is 1.40. The van der Waals surface area contributed by atoms with E-state index in [1.807, 2.05) is 13.0 Å². The van der Waals surface area contributed by atoms with Gasteiger partial charge in [0.2, 0.25) is 8.32 Å². The lowest BCUT2D eigenvalue weighted by molar-refractivity contribution is 0.478. The molecule has 48 valence electrons. The average Bonchev–Trinajstić information content (AvgIpc) is 1.59. The molecule has 0 aromatic heterocycles. The molecule has 1 nitrogen and oxygen atoms in total. The minimum Gasteiger partial charge on any atom is -0.550 e. The molecule has 0 N–H and O–H groups in total. The second kappa shape index (κ2) is 2.92. The van der Waals surface area contributed by atoms with Gasteiger partial charge in [0.1, 0.15) is 0 Å². The third-order valence-electron chi connectivity index (χ3n) is 0.558. The SMILES string of the molecule is C/C=C/O[Si](C)(C)C. The summed E-state index contributed by atoms with van der Waals surface area (Å²) in [5.41, 5.74) is 0. The van der Waals surface area contributed by atoms with Crippen molar-refractivity contribution in [3.05, 3.63) is 12.3 Å². The van der Waals surface area contributed by atoms with Crippen molar-refractivity contribution in [1.82, 2.24) is 0 Å². The van der Waals surface area contributed by atoms with Gasteiger partial charge in [-0.25, -0.2) is 0 Å². The second-order valence-corrected chi connectivity index (χ2v) is 7.16. The molecule has 0 saturated heterocycles. The highest BCUT2D eigenvalue weighted by molar-refractivity contribution is 6.69. The Labute approximate surface area is 52.5 Å². The van der Waals surface area contributed by atoms with Crippen LogP contribution in [0.5, 0.6) is 0 Å². The van der Waals surface area contributed by atoms with Crippen molar-refractivity contribution >= 4 is 8.32 Å². The molecule has 0 atom stereocenters. The predicted molar refractivity (Wildman–Crippen MR) is 39.2 cm³/mol. The summed E-state index contributed by atoms with van der Waals surface area (Å²) in [6.07, 6.45) is 3.68. The molecule has 0 rings (SSSR count). The predicted octanol–water partition coefficient (Wildman–Crippen LogP) is 2.37. The van der Waals surface area contributed by atoms with Gasteiger partial charge in [-0.3, -0.25) is 0 Å². The Hall–Kier alpha value is -0.243. The summed E-state index contributed by atoms with van der Waals surface area (Å²) in [5, 5.41) is 0. The maximum atomic E-state index is 5.34. The van der Waals surface area contributed by atoms with Gasteiger partial charge in [0.05, 0.1) is 6.26 Å². The van der Waals surface area contributed by atoms with Gasteiger partial charge >= 0.3 is 0 Å². The zero-order valence-corrected chi connectivity index (χ0v) is 7.06. The van der Waals surface area contributed by atoms with Crippen molar-refractivity contribution in [2.45, 2.75) is 26.6 Å². The minimum absolute atomic E-state index is 1.26. The maximum Gasteiger partial charge on any atom is 0.241 e. The van der Waals surface area contributed by atoms with Gasteiger partial charge in [-0.15, -0.1) is 0 Å². The first kappa shape index (κ1) is 7.76. The van der Waals surface area contributed by atoms with Crippen LogP contribution in [-0.4, -0.2) is 8.32 Å². The van der Waals surface area contributed by atoms with Gasteiger partial charge < -0.3 is 4.43 Å². The Morgan fingerprint density at radius 2 is 1.75 bits per heavy atom. The Kier molecular flexibility index (Phi) is 2.83. The van der Waals surface area contributed by atoms with Crippen molar-refractivity contribution in [3.63, 3.8) is 0 Å². The van der Waals surface area contributed by atoms with Gasteiger partial charge in [-0.1, -0.05) is 6.08 Å². The number of rotatable bonds is 2. The van der Waals surface area contributed by atoms with Gasteiger partial charge in [0, 0.05) is 0 Å². The standard InChI is InChI=1S/C6H14OSi/c1-5-6-7-8(2,3)4/h5-6H,1-4H3/b6-5+. The van der Waals surface area contributed by atoms with E-state index in [1.165, 1.54) is 0 Å². The van der Waals surface area contributed by atoms with Crippen molar-refractivity contribution in [2.75, 3.05) is 0 Å². The van der Waals surface area contributed by atoms with Crippen LogP contribution in [0.1, 0.15) is 6.92 Å². The van der Waals surface area contributed by atoms with Crippen LogP contribution in [-0.2, 0) is 4.43 Å². The Morgan fingerprint density at radius 1 is 1.25 bits per heavy atom. The highest BCUT2D eigenvalue weighted by Crippen LogP contribution is 2.01. The molecule has 0 aliphatic rings. The first-order chi connectivity index (χ1) is 3.56. The lowest BCUT2D eigenvalue weighted by Crippen LogP contribution is -2.21. The normalized spacial score (nSPS) is 12.5. The van der Waals surface area contributed by atoms with E-state index in [0.29, 0.717) is 0 Å². The van der Waals surface area contributed by atoms with Gasteiger partial charge in [0.15, 0.2) is 0 Å². The Balaban J connectivity index is 3.39. The zero-order chi connectivity index (χ0) is 6.62. The summed E-state index contributed by atoms with van der Waals surface area (Å²) in [7, 11) is -1.26. The molecule has 0 spiro atoms. The molecule has 0 fully saturated rings. The van der Waals surface area contributed by atoms with Crippen molar-refractivity contribution in [2.24, 2.45) is 0 Å². The highest BCUT2D eigenvalue weighted by atomic mass is 28.4. The lowest BCUT2D eigenvalue weighted by atomic mass is 10.8. The molecular formula is C6H14OSi. The largest absolute Gasteiger partial charge is 0.550 e. The van der Waals surface area contributed by atoms with Crippen molar-refractivity contribution in [3.8, 4) is 0 Å². The first-order valence-corrected chi connectivity index (χ1v) is 6.26. The van der Waals surface area contributed by atoms with Gasteiger partial charge in [-0.05, 0) is 26.6 Å². The van der Waals surface area contributed by atoms with Crippen molar-refractivity contribution in [1.29, 1.82) is 0 Å². The molecular weight excluding hydrogens is 116 g/mol. The summed E-state index contributed by atoms with van der Waals surface area (Å²) in [6, 6.07) is 0. The fraction of sp³-hybridized carbons (Fsp3) is 0.667. The second-order valence-electron chi connectivity index (χ2n) is 2.70. The van der Waals surface area contributed by atoms with Crippen LogP contribution in [0.4, 0.5) is 0 Å². The van der Waals surface area contributed by atoms with E-state index in [4.69, 9.17) is 4.43 Å². The number of hydrogen-bond donors (Lipinski definition) is 0. The molecule has 2 heteroatoms. The molecule has 0 radical (unpaired) electrons. The molecule has 0 heterocycles. The van der Waals surface area contributed by atoms with Crippen molar-refractivity contribution < 1.29 is 4.43 Å². The summed E-state index contributed by atoms with van der Waals surface area (Å²) < 4.78 is 5.34. The van der Waals surface area contributed by atoms with E-state index in [1.54, 1.807) is 6.26 Å². The first-order valence-electron chi connectivity index (χ1n) is 2.85. The fourth-order valence-corrected chi connectivity index (χ4v) is 0.816. The molecule has 0 amide bonds. The average molecular weight is 130 g/mol. The van der Waals surface area contributed by atoms with Crippen LogP contribution in [0.2, 0.25) is 19.6 Å². The molecule has 8 heavy (non-hydrogen) atoms. The summed E-state index contributed by atoms with van der Waals surface area (Å²) in [5.74, 6) is 0. The van der Waals surface area contributed by atoms with Crippen LogP contribution in [0, 0.1) is 0 Å². The number of hydrogen-bond acceptors (Lipinski definition) is 1. The smallest absolute Gasteiger partial charge is 0.241 e. The molecule has 0 unspecified atom stereocenters. The Bertz CT molecular complexity index is 81.0. The quantitative estimate of drug-likeness (QED) is 0.412. The van der Waals surface area contributed by atoms with E-state index in [0.717, 1.165) is 0 Å². The Morgan fingerprint density at radius 3 is 1.88 bits per heavy atom. The topological polar surface area (TPSA) is 9.23 Å². The molecule has 0 aliphatic carbocycles. The van der Waals surface area contributed by atoms with E-state index < -0.39 is 8.32 Å². The van der Waals surface area contributed by atoms with Gasteiger partial charge in [-0.2, -0.15) is 0 Å². The van der Waals surface area contributed by atoms with Crippen LogP contribution in [0.3, 0.4) is 0 Å². The van der Waals surface area contributed by atoms with Crippen LogP contribution in [0.15, 0.2) is 12.3 Å². The van der Waals surface area contributed by atoms with Crippen LogP contribution in [0.25, 0.3) is 0 Å². The molecule has 0 bridgehead atoms. The van der Waals surface area contributed by atoms with E-state index >= 15 is 0 Å². The monoisotopic (exact) mass is 130 g/mol.